The quantitative estimate of drug-likeness (QED) is 0.124. The van der Waals surface area contributed by atoms with Gasteiger partial charge in [-0.2, -0.15) is 4.57 Å². The Morgan fingerprint density at radius 1 is 0.796 bits per heavy atom. The minimum atomic E-state index is -0.0922. The van der Waals surface area contributed by atoms with Crippen LogP contribution >= 0.6 is 11.3 Å². The van der Waals surface area contributed by atoms with Crippen molar-refractivity contribution in [2.75, 3.05) is 0 Å². The van der Waals surface area contributed by atoms with Crippen molar-refractivity contribution in [2.24, 2.45) is 7.05 Å². The molecule has 268 valence electrons. The number of pyridine rings is 2. The summed E-state index contributed by atoms with van der Waals surface area (Å²) < 4.78 is 13.1. The summed E-state index contributed by atoms with van der Waals surface area (Å²) in [6.45, 7) is 18.1. The molecule has 0 spiro atoms. The molecule has 0 aliphatic carbocycles. The highest BCUT2D eigenvalue weighted by Crippen LogP contribution is 2.45. The highest BCUT2D eigenvalue weighted by atomic mass is 32.1. The Balaban J connectivity index is 1.25. The molecule has 0 saturated heterocycles. The Hall–Kier alpha value is -5.32. The zero-order chi connectivity index (χ0) is 37.5. The molecule has 8 aromatic rings. The summed E-state index contributed by atoms with van der Waals surface area (Å²) in [5, 5.41) is 5.77. The number of fused-ring (bicyclic) bond motifs is 7. The largest absolute Gasteiger partial charge is 0.455 e. The fourth-order valence-corrected chi connectivity index (χ4v) is 10.0. The molecule has 4 aromatic heterocycles. The topological polar surface area (TPSA) is 20.9 Å². The summed E-state index contributed by atoms with van der Waals surface area (Å²) in [5.41, 5.74) is 17.3. The van der Waals surface area contributed by atoms with Crippen LogP contribution in [-0.2, 0) is 18.9 Å². The zero-order valence-corrected chi connectivity index (χ0v) is 33.3. The van der Waals surface area contributed by atoms with Gasteiger partial charge in [0.1, 0.15) is 18.2 Å². The van der Waals surface area contributed by atoms with E-state index in [1.807, 2.05) is 0 Å². The molecule has 0 radical (unpaired) electrons. The lowest BCUT2D eigenvalue weighted by molar-refractivity contribution is -0.707. The standard InChI is InChI=1S/C50H48N2OS/c1-9-42-37(35-15-10-11-16-36(35)43-22-17-30(2)28-52(42)43)20-18-33-19-21-38-39-25-34-23-24-54-46(34)27-45(39)53-49(38)48(33)44-26-41(50(5,6)7)40(29-51(44)8)47-31(3)13-12-14-32(47)4/h9-17,19,21-29,37,42H,1,18,20H2,2-8H3/q+2. The van der Waals surface area contributed by atoms with Crippen LogP contribution in [0.4, 0.5) is 0 Å². The monoisotopic (exact) mass is 724 g/mol. The molecule has 54 heavy (non-hydrogen) atoms. The van der Waals surface area contributed by atoms with Crippen molar-refractivity contribution in [1.82, 2.24) is 0 Å². The normalized spacial score (nSPS) is 15.5. The summed E-state index contributed by atoms with van der Waals surface area (Å²) >= 11 is 1.77. The van der Waals surface area contributed by atoms with Gasteiger partial charge in [-0.1, -0.05) is 75.9 Å². The van der Waals surface area contributed by atoms with Gasteiger partial charge in [-0.05, 0) is 120 Å². The number of benzene rings is 4. The van der Waals surface area contributed by atoms with Gasteiger partial charge >= 0.3 is 0 Å². The van der Waals surface area contributed by atoms with E-state index in [4.69, 9.17) is 4.42 Å². The van der Waals surface area contributed by atoms with E-state index in [1.165, 1.54) is 87.9 Å². The van der Waals surface area contributed by atoms with E-state index >= 15 is 0 Å². The zero-order valence-electron chi connectivity index (χ0n) is 32.5. The van der Waals surface area contributed by atoms with Crippen molar-refractivity contribution in [2.45, 2.75) is 71.8 Å². The van der Waals surface area contributed by atoms with Crippen LogP contribution in [0.2, 0.25) is 0 Å². The van der Waals surface area contributed by atoms with Gasteiger partial charge in [-0.15, -0.1) is 11.3 Å². The molecule has 0 saturated carbocycles. The molecule has 0 amide bonds. The number of nitrogens with zero attached hydrogens (tertiary/aromatic N) is 2. The van der Waals surface area contributed by atoms with Gasteiger partial charge in [0.25, 0.3) is 0 Å². The average molecular weight is 725 g/mol. The predicted molar refractivity (Wildman–Crippen MR) is 226 cm³/mol. The van der Waals surface area contributed by atoms with E-state index in [1.54, 1.807) is 11.3 Å². The number of aromatic nitrogens is 2. The van der Waals surface area contributed by atoms with Gasteiger partial charge in [0.15, 0.2) is 18.4 Å². The van der Waals surface area contributed by atoms with Crippen LogP contribution in [0.3, 0.4) is 0 Å². The third kappa shape index (κ3) is 5.53. The second kappa shape index (κ2) is 12.9. The van der Waals surface area contributed by atoms with Crippen LogP contribution in [0.25, 0.3) is 65.7 Å². The maximum absolute atomic E-state index is 7.01. The molecule has 0 fully saturated rings. The molecule has 1 aliphatic heterocycles. The van der Waals surface area contributed by atoms with E-state index in [-0.39, 0.29) is 17.4 Å². The minimum Gasteiger partial charge on any atom is -0.455 e. The Bertz CT molecular complexity index is 2770. The first-order chi connectivity index (χ1) is 26.0. The van der Waals surface area contributed by atoms with E-state index in [2.05, 4.69) is 179 Å². The SMILES string of the molecule is C=CC1C(CCc2ccc3c(oc4cc5sccc5cc43)c2-c2cc(C(C)(C)C)c(-c3c(C)cccc3C)c[n+]2C)c2ccccc2-c2ccc(C)c[n+]21. The number of hydrogen-bond acceptors (Lipinski definition) is 2. The summed E-state index contributed by atoms with van der Waals surface area (Å²) in [6, 6.07) is 34.2. The molecular formula is C50H48N2OS+2. The highest BCUT2D eigenvalue weighted by Gasteiger charge is 2.38. The lowest BCUT2D eigenvalue weighted by Gasteiger charge is -2.29. The summed E-state index contributed by atoms with van der Waals surface area (Å²) in [4.78, 5) is 0. The molecule has 0 N–H and O–H groups in total. The third-order valence-corrected chi connectivity index (χ3v) is 12.7. The van der Waals surface area contributed by atoms with Crippen LogP contribution in [0.1, 0.15) is 72.5 Å². The first-order valence-electron chi connectivity index (χ1n) is 19.2. The lowest BCUT2D eigenvalue weighted by Crippen LogP contribution is -2.46. The molecule has 4 aromatic carbocycles. The van der Waals surface area contributed by atoms with E-state index in [9.17, 15) is 0 Å². The van der Waals surface area contributed by atoms with Gasteiger partial charge in [0, 0.05) is 44.3 Å². The molecule has 3 nitrogen and oxygen atoms in total. The molecule has 9 rings (SSSR count). The van der Waals surface area contributed by atoms with Crippen LogP contribution < -0.4 is 9.13 Å². The van der Waals surface area contributed by atoms with Gasteiger partial charge < -0.3 is 4.42 Å². The summed E-state index contributed by atoms with van der Waals surface area (Å²) in [6.07, 6.45) is 8.69. The van der Waals surface area contributed by atoms with Crippen molar-refractivity contribution < 1.29 is 13.6 Å². The lowest BCUT2D eigenvalue weighted by atomic mass is 9.78. The summed E-state index contributed by atoms with van der Waals surface area (Å²) in [7, 11) is 2.21. The van der Waals surface area contributed by atoms with Crippen molar-refractivity contribution >= 4 is 43.4 Å². The van der Waals surface area contributed by atoms with E-state index in [0.29, 0.717) is 0 Å². The summed E-state index contributed by atoms with van der Waals surface area (Å²) in [5.74, 6) is 0.273. The molecule has 4 heteroatoms. The Labute approximate surface area is 322 Å². The van der Waals surface area contributed by atoms with Gasteiger partial charge in [0.05, 0.1) is 11.5 Å². The Morgan fingerprint density at radius 2 is 1.59 bits per heavy atom. The Morgan fingerprint density at radius 3 is 2.37 bits per heavy atom. The number of thiophene rings is 1. The number of hydrogen-bond donors (Lipinski definition) is 0. The van der Waals surface area contributed by atoms with Crippen LogP contribution in [-0.4, -0.2) is 0 Å². The molecule has 5 heterocycles. The second-order valence-electron chi connectivity index (χ2n) is 16.5. The molecule has 1 aliphatic rings. The van der Waals surface area contributed by atoms with Crippen LogP contribution in [0.5, 0.6) is 0 Å². The number of furan rings is 1. The number of rotatable bonds is 6. The van der Waals surface area contributed by atoms with E-state index < -0.39 is 0 Å². The fourth-order valence-electron chi connectivity index (χ4n) is 9.23. The van der Waals surface area contributed by atoms with Gasteiger partial charge in [0.2, 0.25) is 11.4 Å². The smallest absolute Gasteiger partial charge is 0.216 e. The third-order valence-electron chi connectivity index (χ3n) is 11.9. The fraction of sp³-hybridized carbons (Fsp3) is 0.240. The van der Waals surface area contributed by atoms with Crippen molar-refractivity contribution in [3.63, 3.8) is 0 Å². The first kappa shape index (κ1) is 34.4. The second-order valence-corrected chi connectivity index (χ2v) is 17.4. The number of allylic oxidation sites excluding steroid dienone is 1. The first-order valence-corrected chi connectivity index (χ1v) is 20.1. The van der Waals surface area contributed by atoms with Crippen molar-refractivity contribution in [3.8, 4) is 33.6 Å². The van der Waals surface area contributed by atoms with Crippen LogP contribution in [0, 0.1) is 20.8 Å². The molecule has 2 unspecified atom stereocenters. The molecule has 0 bridgehead atoms. The highest BCUT2D eigenvalue weighted by molar-refractivity contribution is 7.17. The van der Waals surface area contributed by atoms with Crippen molar-refractivity contribution in [1.29, 1.82) is 0 Å². The minimum absolute atomic E-state index is 0.0922. The van der Waals surface area contributed by atoms with Crippen molar-refractivity contribution in [3.05, 3.63) is 155 Å². The maximum atomic E-state index is 7.01. The van der Waals surface area contributed by atoms with Gasteiger partial charge in [-0.25, -0.2) is 4.57 Å². The van der Waals surface area contributed by atoms with Gasteiger partial charge in [-0.3, -0.25) is 0 Å². The maximum Gasteiger partial charge on any atom is 0.216 e. The van der Waals surface area contributed by atoms with Crippen LogP contribution in [0.15, 0.2) is 126 Å². The Kier molecular flexibility index (Phi) is 8.24. The number of aryl methyl sites for hydroxylation is 5. The predicted octanol–water partition coefficient (Wildman–Crippen LogP) is 12.6. The average Bonchev–Trinajstić information content (AvgIpc) is 3.75. The molecule has 2 atom stereocenters. The molecular weight excluding hydrogens is 677 g/mol. The van der Waals surface area contributed by atoms with E-state index in [0.717, 1.165) is 24.0 Å².